The highest BCUT2D eigenvalue weighted by Crippen LogP contribution is 2.30. The summed E-state index contributed by atoms with van der Waals surface area (Å²) in [5.74, 6) is -1.20. The smallest absolute Gasteiger partial charge is 0.183 e. The molecule has 4 heterocycles. The summed E-state index contributed by atoms with van der Waals surface area (Å²) in [6.07, 6.45) is 2.60. The van der Waals surface area contributed by atoms with E-state index in [-0.39, 0.29) is 23.5 Å². The van der Waals surface area contributed by atoms with Crippen molar-refractivity contribution in [3.63, 3.8) is 0 Å². The Hall–Kier alpha value is -4.55. The predicted molar refractivity (Wildman–Crippen MR) is 151 cm³/mol. The van der Waals surface area contributed by atoms with Crippen LogP contribution in [-0.4, -0.2) is 62.5 Å². The molecule has 0 aliphatic carbocycles. The van der Waals surface area contributed by atoms with Crippen LogP contribution in [0.5, 0.6) is 5.75 Å². The van der Waals surface area contributed by atoms with Crippen molar-refractivity contribution in [1.82, 2.24) is 29.6 Å². The van der Waals surface area contributed by atoms with Crippen LogP contribution in [0.4, 0.5) is 24.7 Å². The van der Waals surface area contributed by atoms with Crippen LogP contribution in [0.25, 0.3) is 22.4 Å². The van der Waals surface area contributed by atoms with E-state index in [2.05, 4.69) is 20.2 Å². The summed E-state index contributed by atoms with van der Waals surface area (Å²) in [7, 11) is 0. The number of aromatic nitrogens is 5. The number of nitrogens with one attached hydrogen (secondary N) is 1. The molecule has 1 N–H and O–H groups in total. The molecular formula is C30H28F3N7O2. The molecule has 0 atom stereocenters. The second kappa shape index (κ2) is 12.1. The monoisotopic (exact) mass is 575 g/mol. The van der Waals surface area contributed by atoms with Crippen molar-refractivity contribution in [3.8, 4) is 17.3 Å². The largest absolute Gasteiger partial charge is 0.494 e. The second-order valence-corrected chi connectivity index (χ2v) is 9.76. The Balaban J connectivity index is 1.42. The second-order valence-electron chi connectivity index (χ2n) is 9.76. The number of fused-ring (bicyclic) bond motifs is 1. The van der Waals surface area contributed by atoms with Gasteiger partial charge in [-0.15, -0.1) is 0 Å². The lowest BCUT2D eigenvalue weighted by Gasteiger charge is -2.26. The van der Waals surface area contributed by atoms with Crippen LogP contribution in [0.15, 0.2) is 60.9 Å². The van der Waals surface area contributed by atoms with E-state index >= 15 is 0 Å². The van der Waals surface area contributed by atoms with Crippen molar-refractivity contribution < 1.29 is 22.6 Å². The zero-order valence-electron chi connectivity index (χ0n) is 22.9. The molecule has 0 saturated carbocycles. The quantitative estimate of drug-likeness (QED) is 0.252. The highest BCUT2D eigenvalue weighted by atomic mass is 19.1. The topological polar surface area (TPSA) is 90.2 Å². The summed E-state index contributed by atoms with van der Waals surface area (Å²) in [6, 6.07) is 13.0. The summed E-state index contributed by atoms with van der Waals surface area (Å²) >= 11 is 0. The number of hydrogen-bond acceptors (Lipinski definition) is 8. The Morgan fingerprint density at radius 3 is 2.50 bits per heavy atom. The van der Waals surface area contributed by atoms with E-state index in [4.69, 9.17) is 19.6 Å². The first kappa shape index (κ1) is 27.6. The highest BCUT2D eigenvalue weighted by molar-refractivity contribution is 5.91. The van der Waals surface area contributed by atoms with E-state index in [0.717, 1.165) is 19.3 Å². The molecule has 216 valence electrons. The molecule has 0 unspecified atom stereocenters. The minimum Gasteiger partial charge on any atom is -0.494 e. The molecular weight excluding hydrogens is 547 g/mol. The van der Waals surface area contributed by atoms with Crippen LogP contribution in [0.3, 0.4) is 0 Å². The third-order valence-corrected chi connectivity index (χ3v) is 6.91. The van der Waals surface area contributed by atoms with Crippen molar-refractivity contribution in [2.45, 2.75) is 20.0 Å². The fourth-order valence-electron chi connectivity index (χ4n) is 4.90. The van der Waals surface area contributed by atoms with Crippen LogP contribution in [0.2, 0.25) is 0 Å². The number of benzene rings is 2. The Bertz CT molecular complexity index is 1700. The van der Waals surface area contributed by atoms with Gasteiger partial charge in [-0.1, -0.05) is 18.2 Å². The third-order valence-electron chi connectivity index (χ3n) is 6.91. The number of hydrogen-bond donors (Lipinski definition) is 1. The van der Waals surface area contributed by atoms with Crippen LogP contribution < -0.4 is 10.1 Å². The zero-order valence-corrected chi connectivity index (χ0v) is 22.9. The molecule has 0 spiro atoms. The predicted octanol–water partition coefficient (Wildman–Crippen LogP) is 5.33. The molecule has 12 heteroatoms. The molecule has 1 aliphatic heterocycles. The van der Waals surface area contributed by atoms with Gasteiger partial charge in [0.25, 0.3) is 0 Å². The fourth-order valence-corrected chi connectivity index (χ4v) is 4.90. The van der Waals surface area contributed by atoms with Crippen molar-refractivity contribution in [3.05, 3.63) is 89.6 Å². The number of pyridine rings is 1. The number of ether oxygens (including phenoxy) is 2. The molecule has 0 radical (unpaired) electrons. The van der Waals surface area contributed by atoms with Crippen molar-refractivity contribution in [1.29, 1.82) is 0 Å². The molecule has 42 heavy (non-hydrogen) atoms. The number of morpholine rings is 1. The SMILES string of the molecule is CCOc1cc(F)c(Cn2nc(-c3nc(CN4CCOCC4)cc(Nc4ccncc4F)n3)c3ccccc32)c(F)c1. The average Bonchev–Trinajstić information content (AvgIpc) is 3.35. The lowest BCUT2D eigenvalue weighted by atomic mass is 10.1. The van der Waals surface area contributed by atoms with Crippen LogP contribution in [0.1, 0.15) is 18.2 Å². The molecule has 5 aromatic rings. The van der Waals surface area contributed by atoms with E-state index in [1.54, 1.807) is 13.0 Å². The number of para-hydroxylation sites is 1. The molecule has 6 rings (SSSR count). The Morgan fingerprint density at radius 2 is 1.74 bits per heavy atom. The first-order valence-electron chi connectivity index (χ1n) is 13.6. The van der Waals surface area contributed by atoms with Gasteiger partial charge in [-0.25, -0.2) is 23.1 Å². The van der Waals surface area contributed by atoms with E-state index < -0.39 is 17.5 Å². The average molecular weight is 576 g/mol. The Kier molecular flexibility index (Phi) is 7.97. The number of rotatable bonds is 9. The van der Waals surface area contributed by atoms with Crippen LogP contribution in [-0.2, 0) is 17.8 Å². The summed E-state index contributed by atoms with van der Waals surface area (Å²) in [6.45, 7) is 5.14. The Labute approximate surface area is 239 Å². The van der Waals surface area contributed by atoms with Gasteiger partial charge < -0.3 is 14.8 Å². The maximum Gasteiger partial charge on any atom is 0.183 e. The van der Waals surface area contributed by atoms with E-state index in [9.17, 15) is 13.2 Å². The molecule has 9 nitrogen and oxygen atoms in total. The Morgan fingerprint density at radius 1 is 0.952 bits per heavy atom. The van der Waals surface area contributed by atoms with Crippen molar-refractivity contribution in [2.75, 3.05) is 38.2 Å². The lowest BCUT2D eigenvalue weighted by Crippen LogP contribution is -2.35. The van der Waals surface area contributed by atoms with Gasteiger partial charge in [0.15, 0.2) is 11.6 Å². The number of nitrogens with zero attached hydrogens (tertiary/aromatic N) is 6. The maximum atomic E-state index is 15.0. The minimum absolute atomic E-state index is 0.124. The molecule has 1 aliphatic rings. The maximum absolute atomic E-state index is 15.0. The first-order chi connectivity index (χ1) is 20.5. The molecule has 0 bridgehead atoms. The summed E-state index contributed by atoms with van der Waals surface area (Å²) in [5, 5.41) is 8.46. The summed E-state index contributed by atoms with van der Waals surface area (Å²) in [5.41, 5.74) is 1.84. The van der Waals surface area contributed by atoms with Crippen molar-refractivity contribution >= 4 is 22.4 Å². The van der Waals surface area contributed by atoms with Gasteiger partial charge in [-0.05, 0) is 19.1 Å². The molecule has 2 aromatic carbocycles. The molecule has 1 saturated heterocycles. The third kappa shape index (κ3) is 5.90. The van der Waals surface area contributed by atoms with Gasteiger partial charge in [0.1, 0.15) is 28.9 Å². The van der Waals surface area contributed by atoms with Crippen LogP contribution in [0, 0.1) is 17.5 Å². The standard InChI is InChI=1S/C30H28F3N7O2/c1-2-42-20-14-23(31)22(24(32)15-20)18-40-27-6-4-3-5-21(27)29(38-40)30-35-19(17-39-9-11-41-12-10-39)13-28(37-30)36-26-7-8-34-16-25(26)33/h3-8,13-16H,2,9-12,17-18H2,1H3,(H,34,35,36,37). The number of halogens is 3. The molecule has 1 fully saturated rings. The van der Waals surface area contributed by atoms with E-state index in [1.165, 1.54) is 29.1 Å². The fraction of sp³-hybridized carbons (Fsp3) is 0.267. The van der Waals surface area contributed by atoms with Crippen LogP contribution >= 0.6 is 0 Å². The minimum atomic E-state index is -0.728. The van der Waals surface area contributed by atoms with Gasteiger partial charge in [0, 0.05) is 55.0 Å². The van der Waals surface area contributed by atoms with E-state index in [0.29, 0.717) is 60.3 Å². The molecule has 3 aromatic heterocycles. The lowest BCUT2D eigenvalue weighted by molar-refractivity contribution is 0.0336. The van der Waals surface area contributed by atoms with Gasteiger partial charge >= 0.3 is 0 Å². The zero-order chi connectivity index (χ0) is 29.1. The normalized spacial score (nSPS) is 13.9. The van der Waals surface area contributed by atoms with Crippen molar-refractivity contribution in [2.24, 2.45) is 0 Å². The van der Waals surface area contributed by atoms with Gasteiger partial charge in [0.05, 0.1) is 49.5 Å². The summed E-state index contributed by atoms with van der Waals surface area (Å²) < 4.78 is 56.7. The van der Waals surface area contributed by atoms with Gasteiger partial charge in [-0.2, -0.15) is 5.10 Å². The van der Waals surface area contributed by atoms with Gasteiger partial charge in [-0.3, -0.25) is 14.6 Å². The number of anilines is 2. The first-order valence-corrected chi connectivity index (χ1v) is 13.6. The van der Waals surface area contributed by atoms with E-state index in [1.807, 2.05) is 24.3 Å². The summed E-state index contributed by atoms with van der Waals surface area (Å²) in [4.78, 5) is 15.5. The molecule has 0 amide bonds. The van der Waals surface area contributed by atoms with Gasteiger partial charge in [0.2, 0.25) is 0 Å². The highest BCUT2D eigenvalue weighted by Gasteiger charge is 2.21.